The predicted octanol–water partition coefficient (Wildman–Crippen LogP) is 7.08. The van der Waals surface area contributed by atoms with Crippen molar-refractivity contribution in [2.45, 2.75) is 32.4 Å². The molecule has 4 aromatic rings. The third kappa shape index (κ3) is 5.01. The maximum Gasteiger partial charge on any atom is 0.224 e. The second kappa shape index (κ2) is 10.4. The number of halogens is 2. The molecule has 37 heavy (non-hydrogen) atoms. The van der Waals surface area contributed by atoms with Gasteiger partial charge in [-0.05, 0) is 101 Å². The molecule has 2 aromatic carbocycles. The van der Waals surface area contributed by atoms with Gasteiger partial charge in [-0.25, -0.2) is 4.39 Å². The number of nitrogens with zero attached hydrogens (tertiary/aromatic N) is 2. The van der Waals surface area contributed by atoms with Gasteiger partial charge >= 0.3 is 0 Å². The van der Waals surface area contributed by atoms with Crippen molar-refractivity contribution in [3.63, 3.8) is 0 Å². The summed E-state index contributed by atoms with van der Waals surface area (Å²) < 4.78 is 20.6. The van der Waals surface area contributed by atoms with Gasteiger partial charge in [0.2, 0.25) is 5.91 Å². The zero-order valence-corrected chi connectivity index (χ0v) is 22.6. The summed E-state index contributed by atoms with van der Waals surface area (Å²) in [4.78, 5) is 18.5. The largest absolute Gasteiger partial charge is 0.459 e. The lowest BCUT2D eigenvalue weighted by molar-refractivity contribution is -0.115. The number of hydrogen-bond acceptors (Lipinski definition) is 4. The van der Waals surface area contributed by atoms with Crippen LogP contribution in [0, 0.1) is 12.7 Å². The van der Waals surface area contributed by atoms with Crippen LogP contribution in [-0.2, 0) is 4.79 Å². The summed E-state index contributed by atoms with van der Waals surface area (Å²) in [6.07, 6.45) is 2.15. The van der Waals surface area contributed by atoms with Gasteiger partial charge in [0.25, 0.3) is 0 Å². The molecule has 188 valence electrons. The minimum Gasteiger partial charge on any atom is -0.459 e. The fourth-order valence-corrected chi connectivity index (χ4v) is 5.34. The van der Waals surface area contributed by atoms with Crippen LogP contribution in [0.3, 0.4) is 0 Å². The first kappa shape index (κ1) is 25.1. The minimum atomic E-state index is -0.342. The van der Waals surface area contributed by atoms with Gasteiger partial charge in [-0.1, -0.05) is 13.0 Å². The van der Waals surface area contributed by atoms with Crippen LogP contribution in [0.2, 0.25) is 0 Å². The van der Waals surface area contributed by atoms with E-state index in [-0.39, 0.29) is 23.8 Å². The highest BCUT2D eigenvalue weighted by Gasteiger charge is 2.42. The Labute approximate surface area is 228 Å². The Bertz CT molecular complexity index is 1480. The highest BCUT2D eigenvalue weighted by atomic mass is 79.9. The van der Waals surface area contributed by atoms with E-state index in [2.05, 4.69) is 31.5 Å². The molecule has 0 unspecified atom stereocenters. The zero-order valence-electron chi connectivity index (χ0n) is 20.2. The molecule has 1 aliphatic rings. The van der Waals surface area contributed by atoms with Gasteiger partial charge in [0, 0.05) is 34.0 Å². The van der Waals surface area contributed by atoms with Crippen LogP contribution in [0.15, 0.2) is 81.8 Å². The summed E-state index contributed by atoms with van der Waals surface area (Å²) in [5, 5.41) is 6.88. The van der Waals surface area contributed by atoms with Crippen molar-refractivity contribution in [3.8, 4) is 11.3 Å². The molecule has 6 nitrogen and oxygen atoms in total. The molecule has 2 N–H and O–H groups in total. The summed E-state index contributed by atoms with van der Waals surface area (Å²) in [6, 6.07) is 19.2. The lowest BCUT2D eigenvalue weighted by Crippen LogP contribution is -2.29. The van der Waals surface area contributed by atoms with Gasteiger partial charge < -0.3 is 20.0 Å². The van der Waals surface area contributed by atoms with Crippen LogP contribution in [0.5, 0.6) is 0 Å². The van der Waals surface area contributed by atoms with Crippen molar-refractivity contribution in [2.75, 3.05) is 10.2 Å². The number of rotatable bonds is 6. The molecular formula is C28H24BrFN4O2S. The van der Waals surface area contributed by atoms with E-state index in [1.165, 1.54) is 12.1 Å². The zero-order chi connectivity index (χ0) is 26.1. The molecule has 0 bridgehead atoms. The number of hydrogen-bond donors (Lipinski definition) is 2. The van der Waals surface area contributed by atoms with Gasteiger partial charge in [-0.3, -0.25) is 9.78 Å². The lowest BCUT2D eigenvalue weighted by Gasteiger charge is -2.27. The maximum absolute atomic E-state index is 13.7. The van der Waals surface area contributed by atoms with E-state index < -0.39 is 0 Å². The van der Waals surface area contributed by atoms with E-state index in [0.29, 0.717) is 27.5 Å². The first-order valence-corrected chi connectivity index (χ1v) is 13.0. The average Bonchev–Trinajstić information content (AvgIpc) is 3.50. The Balaban J connectivity index is 1.57. The fraction of sp³-hybridized carbons (Fsp3) is 0.179. The number of aromatic nitrogens is 1. The van der Waals surface area contributed by atoms with Crippen molar-refractivity contribution < 1.29 is 13.6 Å². The Morgan fingerprint density at radius 3 is 2.73 bits per heavy atom. The topological polar surface area (TPSA) is 70.4 Å². The van der Waals surface area contributed by atoms with Gasteiger partial charge in [0.05, 0.1) is 11.7 Å². The van der Waals surface area contributed by atoms with E-state index in [4.69, 9.17) is 16.6 Å². The molecule has 1 saturated heterocycles. The number of carbonyl (C=O) groups is 1. The first-order chi connectivity index (χ1) is 17.9. The van der Waals surface area contributed by atoms with Crippen LogP contribution >= 0.6 is 28.1 Å². The molecule has 0 radical (unpaired) electrons. The van der Waals surface area contributed by atoms with E-state index in [9.17, 15) is 9.18 Å². The van der Waals surface area contributed by atoms with E-state index in [1.54, 1.807) is 12.3 Å². The molecule has 1 amide bonds. The molecule has 0 saturated carbocycles. The predicted molar refractivity (Wildman–Crippen MR) is 150 cm³/mol. The highest BCUT2D eigenvalue weighted by Crippen LogP contribution is 2.44. The van der Waals surface area contributed by atoms with Gasteiger partial charge in [0.15, 0.2) is 5.11 Å². The smallest absolute Gasteiger partial charge is 0.224 e. The summed E-state index contributed by atoms with van der Waals surface area (Å²) in [5.74, 6) is 0.906. The van der Waals surface area contributed by atoms with E-state index in [0.717, 1.165) is 28.2 Å². The highest BCUT2D eigenvalue weighted by molar-refractivity contribution is 9.10. The molecule has 9 heteroatoms. The van der Waals surface area contributed by atoms with Crippen molar-refractivity contribution >= 4 is 50.5 Å². The lowest BCUT2D eigenvalue weighted by atomic mass is 10.0. The molecule has 1 fully saturated rings. The van der Waals surface area contributed by atoms with E-state index >= 15 is 0 Å². The Morgan fingerprint density at radius 2 is 2.03 bits per heavy atom. The van der Waals surface area contributed by atoms with Crippen LogP contribution in [0.1, 0.15) is 42.4 Å². The second-order valence-electron chi connectivity index (χ2n) is 8.72. The molecule has 2 atom stereocenters. The minimum absolute atomic E-state index is 0.0441. The number of thiocarbonyl (C=S) groups is 1. The summed E-state index contributed by atoms with van der Waals surface area (Å²) >= 11 is 9.24. The second-order valence-corrected chi connectivity index (χ2v) is 9.96. The Hall–Kier alpha value is -3.56. The van der Waals surface area contributed by atoms with Crippen molar-refractivity contribution in [3.05, 3.63) is 100 Å². The van der Waals surface area contributed by atoms with Crippen LogP contribution in [-0.4, -0.2) is 16.0 Å². The first-order valence-electron chi connectivity index (χ1n) is 11.8. The van der Waals surface area contributed by atoms with Gasteiger partial charge in [-0.2, -0.15) is 0 Å². The van der Waals surface area contributed by atoms with Gasteiger partial charge in [-0.15, -0.1) is 0 Å². The fourth-order valence-electron chi connectivity index (χ4n) is 4.44. The molecule has 2 aromatic heterocycles. The SMILES string of the molecule is CCC(=O)Nc1ccc(N2C(=S)N[C@@H](c3ccccn3)[C@@H]2c2ccc(-c3ccc(F)cc3Br)o2)cc1C. The molecule has 0 aliphatic carbocycles. The van der Waals surface area contributed by atoms with Crippen molar-refractivity contribution in [1.82, 2.24) is 10.3 Å². The van der Waals surface area contributed by atoms with Crippen molar-refractivity contribution in [2.24, 2.45) is 0 Å². The monoisotopic (exact) mass is 578 g/mol. The number of benzene rings is 2. The normalized spacial score (nSPS) is 17.1. The average molecular weight is 579 g/mol. The molecule has 5 rings (SSSR count). The summed E-state index contributed by atoms with van der Waals surface area (Å²) in [7, 11) is 0. The van der Waals surface area contributed by atoms with Crippen molar-refractivity contribution in [1.29, 1.82) is 0 Å². The number of furan rings is 1. The Morgan fingerprint density at radius 1 is 1.19 bits per heavy atom. The standard InChI is InChI=1S/C28H24BrFN4O2S/c1-3-25(35)32-21-10-8-18(14-16(21)2)34-27(26(33-28(34)37)22-6-4-5-13-31-22)24-12-11-23(36-24)19-9-7-17(30)15-20(19)29/h4-15,26-27H,3H2,1-2H3,(H,32,35)(H,33,37)/t26-,27-/m0/s1. The van der Waals surface area contributed by atoms with E-state index in [1.807, 2.05) is 67.3 Å². The maximum atomic E-state index is 13.7. The van der Waals surface area contributed by atoms with Crippen LogP contribution < -0.4 is 15.5 Å². The molecule has 3 heterocycles. The quantitative estimate of drug-likeness (QED) is 0.238. The van der Waals surface area contributed by atoms with Crippen LogP contribution in [0.4, 0.5) is 15.8 Å². The van der Waals surface area contributed by atoms with Crippen LogP contribution in [0.25, 0.3) is 11.3 Å². The Kier molecular flexibility index (Phi) is 7.08. The number of anilines is 2. The summed E-state index contributed by atoms with van der Waals surface area (Å²) in [5.41, 5.74) is 4.09. The summed E-state index contributed by atoms with van der Waals surface area (Å²) in [6.45, 7) is 3.77. The third-order valence-electron chi connectivity index (χ3n) is 6.30. The third-order valence-corrected chi connectivity index (χ3v) is 7.27. The number of nitrogens with one attached hydrogen (secondary N) is 2. The number of pyridine rings is 1. The number of amides is 1. The molecular weight excluding hydrogens is 555 g/mol. The molecule has 1 aliphatic heterocycles. The number of carbonyl (C=O) groups excluding carboxylic acids is 1. The number of aryl methyl sites for hydroxylation is 1. The molecule has 0 spiro atoms. The van der Waals surface area contributed by atoms with Gasteiger partial charge in [0.1, 0.15) is 23.4 Å².